The number of halogens is 2. The molecule has 0 fully saturated rings. The van der Waals surface area contributed by atoms with Gasteiger partial charge in [0, 0.05) is 90.0 Å². The minimum Gasteiger partial charge on any atom is -0.549 e. The third-order valence-corrected chi connectivity index (χ3v) is 6.19. The number of thioether (sulfide) groups is 1. The van der Waals surface area contributed by atoms with E-state index in [-0.39, 0.29) is 208 Å². The molecular formula is C26H36Cl2N4Na4O20SZr. The largest absolute Gasteiger partial charge is 4.00 e. The number of carbonyl (C=O) groups excluding carboxylic acids is 8. The molecule has 32 heteroatoms. The number of nitrogens with zero attached hydrogens (tertiary/aromatic N) is 4. The summed E-state index contributed by atoms with van der Waals surface area (Å²) in [6.45, 7) is -6.50. The van der Waals surface area contributed by atoms with Crippen LogP contribution in [0.25, 0.3) is 0 Å². The zero-order chi connectivity index (χ0) is 40.1. The first-order valence-electron chi connectivity index (χ1n) is 14.0. The predicted molar refractivity (Wildman–Crippen MR) is 162 cm³/mol. The standard InChI is InChI=1S/2C10H16N2O8.C6H10O4S.2ClH.4Na.Zr/c2*13-7(14)3-11(4-8(15)16)1-2-12(5-9(17)18)6-10(19)20;7-5(8)1-3-11-4-2-6(9)10;;;;;;;/h2*1-6H2,(H,13,14)(H,15,16)(H,17,18)(H,19,20);1-4H2,(H,7,8)(H,9,10);2*1H;;;;;/q;;;;;4*+1;+4/p-8. The van der Waals surface area contributed by atoms with Crippen molar-refractivity contribution in [3.05, 3.63) is 0 Å². The van der Waals surface area contributed by atoms with Gasteiger partial charge in [-0.2, -0.15) is 11.8 Å². The van der Waals surface area contributed by atoms with Gasteiger partial charge in [-0.1, -0.05) is 0 Å². The third kappa shape index (κ3) is 68.1. The molecule has 308 valence electrons. The number of hydrogen-bond acceptors (Lipinski definition) is 23. The number of carboxylic acids is 10. The molecular weight excluding hydrogens is 974 g/mol. The smallest absolute Gasteiger partial charge is 0.549 e. The topological polar surface area (TPSA) is 409 Å². The second-order valence-corrected chi connectivity index (χ2v) is 10.9. The first kappa shape index (κ1) is 82.1. The molecule has 0 aliphatic carbocycles. The molecule has 0 spiro atoms. The van der Waals surface area contributed by atoms with Crippen LogP contribution in [0.5, 0.6) is 0 Å². The van der Waals surface area contributed by atoms with E-state index in [1.807, 2.05) is 0 Å². The van der Waals surface area contributed by atoms with Gasteiger partial charge in [0.25, 0.3) is 0 Å². The summed E-state index contributed by atoms with van der Waals surface area (Å²) in [4.78, 5) is 107. The summed E-state index contributed by atoms with van der Waals surface area (Å²) in [5.41, 5.74) is 0. The van der Waals surface area contributed by atoms with E-state index in [1.165, 1.54) is 11.8 Å². The van der Waals surface area contributed by atoms with E-state index in [1.54, 1.807) is 0 Å². The zero-order valence-electron chi connectivity index (χ0n) is 32.1. The van der Waals surface area contributed by atoms with Crippen molar-refractivity contribution < 1.29 is 243 Å². The number of aliphatic carboxylic acids is 10. The molecule has 0 aromatic rings. The molecule has 0 aliphatic heterocycles. The van der Waals surface area contributed by atoms with Gasteiger partial charge >= 0.3 is 156 Å². The minimum atomic E-state index is -1.53. The molecule has 24 nitrogen and oxygen atoms in total. The predicted octanol–water partition coefficient (Wildman–Crippen LogP) is -25.3. The van der Waals surface area contributed by atoms with E-state index in [9.17, 15) is 88.8 Å². The fourth-order valence-corrected chi connectivity index (χ4v) is 4.15. The molecule has 0 unspecified atom stereocenters. The van der Waals surface area contributed by atoms with E-state index in [0.717, 1.165) is 19.6 Å². The fraction of sp³-hybridized carbons (Fsp3) is 0.615. The first-order chi connectivity index (χ1) is 23.5. The van der Waals surface area contributed by atoms with Crippen LogP contribution in [-0.4, -0.2) is 180 Å². The Hall–Kier alpha value is 0.353. The SMILES string of the molecule is Cl.Cl.O=C(O)CCSCCC(=O)O.O=C([O-])CN(CCN(CC(=O)[O-])CC(=O)[O-])CC(=O)[O-].O=C([O-])CN(CCN(CC(=O)[O-])CC(=O)[O-])CC(=O)[O-].[Na+].[Na+].[Na+].[Na+].[Zr+4]. The maximum atomic E-state index is 10.4. The Bertz CT molecular complexity index is 1000. The summed E-state index contributed by atoms with van der Waals surface area (Å²) >= 11 is 1.35. The molecule has 0 aromatic heterocycles. The van der Waals surface area contributed by atoms with E-state index >= 15 is 0 Å². The van der Waals surface area contributed by atoms with Crippen molar-refractivity contribution in [3.63, 3.8) is 0 Å². The van der Waals surface area contributed by atoms with Crippen LogP contribution in [0, 0.1) is 0 Å². The van der Waals surface area contributed by atoms with Gasteiger partial charge in [0.2, 0.25) is 0 Å². The van der Waals surface area contributed by atoms with Crippen LogP contribution in [0.1, 0.15) is 12.8 Å². The monoisotopic (exact) mass is 1010 g/mol. The maximum absolute atomic E-state index is 10.4. The average molecular weight is 1010 g/mol. The van der Waals surface area contributed by atoms with Gasteiger partial charge in [-0.3, -0.25) is 29.2 Å². The fourth-order valence-electron chi connectivity index (χ4n) is 3.30. The van der Waals surface area contributed by atoms with Gasteiger partial charge in [-0.25, -0.2) is 0 Å². The Morgan fingerprint density at radius 3 is 0.603 bits per heavy atom. The van der Waals surface area contributed by atoms with Crippen molar-refractivity contribution in [1.82, 2.24) is 19.6 Å². The molecule has 0 rings (SSSR count). The van der Waals surface area contributed by atoms with Crippen molar-refractivity contribution >= 4 is 96.3 Å². The molecule has 0 saturated carbocycles. The summed E-state index contributed by atoms with van der Waals surface area (Å²) in [6, 6.07) is 0. The Kier molecular flexibility index (Phi) is 73.2. The normalized spacial score (nSPS) is 9.17. The van der Waals surface area contributed by atoms with E-state index in [4.69, 9.17) is 10.2 Å². The summed E-state index contributed by atoms with van der Waals surface area (Å²) in [5.74, 6) is -12.9. The second-order valence-electron chi connectivity index (χ2n) is 9.72. The molecule has 0 bridgehead atoms. The molecule has 0 amide bonds. The Morgan fingerprint density at radius 1 is 0.362 bits per heavy atom. The average Bonchev–Trinajstić information content (AvgIpc) is 2.92. The number of carbonyl (C=O) groups is 10. The molecule has 0 heterocycles. The van der Waals surface area contributed by atoms with Crippen molar-refractivity contribution in [3.8, 4) is 0 Å². The molecule has 0 aromatic carbocycles. The van der Waals surface area contributed by atoms with Gasteiger partial charge in [-0.15, -0.1) is 24.8 Å². The van der Waals surface area contributed by atoms with Gasteiger partial charge in [-0.05, 0) is 0 Å². The Labute approximate surface area is 456 Å². The van der Waals surface area contributed by atoms with E-state index in [2.05, 4.69) is 0 Å². The maximum Gasteiger partial charge on any atom is 4.00 e. The van der Waals surface area contributed by atoms with Crippen LogP contribution in [0.2, 0.25) is 0 Å². The number of rotatable bonds is 28. The quantitative estimate of drug-likeness (QED) is 0.0543. The zero-order valence-corrected chi connectivity index (χ0v) is 45.0. The molecule has 58 heavy (non-hydrogen) atoms. The van der Waals surface area contributed by atoms with Crippen molar-refractivity contribution in [2.75, 3.05) is 90.0 Å². The summed E-state index contributed by atoms with van der Waals surface area (Å²) in [5, 5.41) is 99.6. The van der Waals surface area contributed by atoms with Crippen molar-refractivity contribution in [2.24, 2.45) is 0 Å². The molecule has 0 atom stereocenters. The van der Waals surface area contributed by atoms with Gasteiger partial charge in [0.05, 0.1) is 60.6 Å². The third-order valence-electron chi connectivity index (χ3n) is 5.21. The molecule has 2 N–H and O–H groups in total. The molecule has 0 radical (unpaired) electrons. The summed E-state index contributed by atoms with van der Waals surface area (Å²) < 4.78 is 0. The van der Waals surface area contributed by atoms with Gasteiger partial charge in [0.15, 0.2) is 0 Å². The van der Waals surface area contributed by atoms with Crippen LogP contribution in [-0.2, 0) is 74.1 Å². The van der Waals surface area contributed by atoms with Crippen LogP contribution < -0.4 is 159 Å². The van der Waals surface area contributed by atoms with E-state index in [0.29, 0.717) is 11.5 Å². The van der Waals surface area contributed by atoms with Crippen LogP contribution in [0.15, 0.2) is 0 Å². The molecule has 0 saturated heterocycles. The molecule has 0 aliphatic rings. The number of hydrogen-bond donors (Lipinski definition) is 2. The Morgan fingerprint density at radius 2 is 0.500 bits per heavy atom. The van der Waals surface area contributed by atoms with Crippen LogP contribution >= 0.6 is 36.6 Å². The number of carboxylic acid groups (broad SMARTS) is 10. The van der Waals surface area contributed by atoms with Crippen LogP contribution in [0.3, 0.4) is 0 Å². The summed E-state index contributed by atoms with van der Waals surface area (Å²) in [6.07, 6.45) is 0.203. The second kappa shape index (κ2) is 51.7. The Balaban J connectivity index is -0.0000000728. The minimum absolute atomic E-state index is 0. The van der Waals surface area contributed by atoms with Crippen LogP contribution in [0.4, 0.5) is 0 Å². The van der Waals surface area contributed by atoms with Crippen molar-refractivity contribution in [1.29, 1.82) is 0 Å². The summed E-state index contributed by atoms with van der Waals surface area (Å²) in [7, 11) is 0. The van der Waals surface area contributed by atoms with Gasteiger partial charge < -0.3 is 89.4 Å². The first-order valence-corrected chi connectivity index (χ1v) is 15.2. The van der Waals surface area contributed by atoms with Crippen molar-refractivity contribution in [2.45, 2.75) is 12.8 Å². The van der Waals surface area contributed by atoms with E-state index < -0.39 is 112 Å². The van der Waals surface area contributed by atoms with Gasteiger partial charge in [0.1, 0.15) is 0 Å².